The summed E-state index contributed by atoms with van der Waals surface area (Å²) in [6, 6.07) is 0.102. The zero-order valence-corrected chi connectivity index (χ0v) is 5.65. The summed E-state index contributed by atoms with van der Waals surface area (Å²) in [5, 5.41) is 11.3. The summed E-state index contributed by atoms with van der Waals surface area (Å²) < 4.78 is 0. The largest absolute Gasteiger partial charge is 0.155 e. The van der Waals surface area contributed by atoms with Crippen LogP contribution in [-0.4, -0.2) is 11.8 Å². The molecule has 0 saturated carbocycles. The highest BCUT2D eigenvalue weighted by atomic mass is 15.4. The number of allylic oxidation sites excluding steroid dienone is 2. The van der Waals surface area contributed by atoms with Gasteiger partial charge in [-0.2, -0.15) is 5.11 Å². The molecule has 0 amide bonds. The van der Waals surface area contributed by atoms with Gasteiger partial charge in [-0.25, -0.2) is 0 Å². The molecular weight excluding hydrogens is 126 g/mol. The van der Waals surface area contributed by atoms with Gasteiger partial charge in [-0.1, -0.05) is 11.6 Å². The minimum atomic E-state index is 0.102. The topological polar surface area (TPSA) is 37.1 Å². The van der Waals surface area contributed by atoms with E-state index in [9.17, 15) is 0 Å². The van der Waals surface area contributed by atoms with Gasteiger partial charge in [0.1, 0.15) is 6.04 Å². The molecule has 2 aliphatic rings. The fourth-order valence-electron chi connectivity index (χ4n) is 1.02. The van der Waals surface area contributed by atoms with Crippen molar-refractivity contribution in [3.8, 4) is 0 Å². The van der Waals surface area contributed by atoms with Crippen molar-refractivity contribution in [1.29, 1.82) is 0 Å². The molecule has 0 bridgehead atoms. The number of hydrogen-bond acceptors (Lipinski definition) is 3. The first-order valence-corrected chi connectivity index (χ1v) is 3.20. The molecule has 0 saturated heterocycles. The summed E-state index contributed by atoms with van der Waals surface area (Å²) in [7, 11) is 0. The first-order valence-electron chi connectivity index (χ1n) is 3.20. The Kier molecular flexibility index (Phi) is 1.03. The molecule has 2 rings (SSSR count). The molecule has 3 heteroatoms. The number of nitrogens with zero attached hydrogens (tertiary/aromatic N) is 3. The maximum Gasteiger partial charge on any atom is 0.135 e. The van der Waals surface area contributed by atoms with E-state index in [1.807, 2.05) is 19.1 Å². The standard InChI is InChI=1S/C7H7N3/c1-5-2-3-6-7(4-5)9-10-8-6/h2-4,7H,1H3. The average molecular weight is 133 g/mol. The van der Waals surface area contributed by atoms with Gasteiger partial charge in [0.25, 0.3) is 0 Å². The van der Waals surface area contributed by atoms with Gasteiger partial charge in [0.05, 0.1) is 5.71 Å². The van der Waals surface area contributed by atoms with E-state index >= 15 is 0 Å². The van der Waals surface area contributed by atoms with Crippen molar-refractivity contribution >= 4 is 5.71 Å². The highest BCUT2D eigenvalue weighted by Crippen LogP contribution is 2.15. The normalized spacial score (nSPS) is 27.9. The van der Waals surface area contributed by atoms with Crippen molar-refractivity contribution in [1.82, 2.24) is 0 Å². The lowest BCUT2D eigenvalue weighted by atomic mass is 10.0. The van der Waals surface area contributed by atoms with Crippen molar-refractivity contribution in [2.24, 2.45) is 15.4 Å². The Hall–Kier alpha value is -1.25. The van der Waals surface area contributed by atoms with Gasteiger partial charge in [-0.15, -0.1) is 5.10 Å². The lowest BCUT2D eigenvalue weighted by molar-refractivity contribution is 0.968. The second-order valence-electron chi connectivity index (χ2n) is 2.42. The number of hydrogen-bond donors (Lipinski definition) is 0. The quantitative estimate of drug-likeness (QED) is 0.482. The molecule has 10 heavy (non-hydrogen) atoms. The Bertz CT molecular complexity index is 271. The van der Waals surface area contributed by atoms with Gasteiger partial charge in [0.2, 0.25) is 0 Å². The minimum Gasteiger partial charge on any atom is -0.155 e. The molecule has 0 aromatic carbocycles. The van der Waals surface area contributed by atoms with Crippen molar-refractivity contribution in [2.45, 2.75) is 13.0 Å². The smallest absolute Gasteiger partial charge is 0.135 e. The first kappa shape index (κ1) is 5.53. The van der Waals surface area contributed by atoms with E-state index in [1.54, 1.807) is 0 Å². The molecule has 1 heterocycles. The molecule has 0 fully saturated rings. The second-order valence-corrected chi connectivity index (χ2v) is 2.42. The molecule has 50 valence electrons. The van der Waals surface area contributed by atoms with Gasteiger partial charge < -0.3 is 0 Å². The highest BCUT2D eigenvalue weighted by molar-refractivity contribution is 6.02. The summed E-state index contributed by atoms with van der Waals surface area (Å²) in [6.07, 6.45) is 6.03. The Labute approximate surface area is 58.9 Å². The third-order valence-electron chi connectivity index (χ3n) is 1.58. The third kappa shape index (κ3) is 0.708. The van der Waals surface area contributed by atoms with Crippen LogP contribution in [0.5, 0.6) is 0 Å². The van der Waals surface area contributed by atoms with E-state index in [2.05, 4.69) is 21.5 Å². The molecule has 0 aromatic heterocycles. The van der Waals surface area contributed by atoms with Crippen LogP contribution >= 0.6 is 0 Å². The average Bonchev–Trinajstić information content (AvgIpc) is 2.33. The predicted octanol–water partition coefficient (Wildman–Crippen LogP) is 1.69. The zero-order valence-electron chi connectivity index (χ0n) is 5.65. The van der Waals surface area contributed by atoms with Crippen molar-refractivity contribution < 1.29 is 0 Å². The van der Waals surface area contributed by atoms with Crippen LogP contribution in [0.1, 0.15) is 6.92 Å². The van der Waals surface area contributed by atoms with Crippen LogP contribution < -0.4 is 0 Å². The summed E-state index contributed by atoms with van der Waals surface area (Å²) in [6.45, 7) is 2.04. The van der Waals surface area contributed by atoms with Crippen molar-refractivity contribution in [3.05, 3.63) is 23.8 Å². The summed E-state index contributed by atoms with van der Waals surface area (Å²) >= 11 is 0. The van der Waals surface area contributed by atoms with Crippen LogP contribution in [0.3, 0.4) is 0 Å². The summed E-state index contributed by atoms with van der Waals surface area (Å²) in [5.74, 6) is 0. The number of fused-ring (bicyclic) bond motifs is 1. The van der Waals surface area contributed by atoms with Crippen LogP contribution in [0.2, 0.25) is 0 Å². The van der Waals surface area contributed by atoms with E-state index in [0.717, 1.165) is 5.71 Å². The Morgan fingerprint density at radius 3 is 3.20 bits per heavy atom. The molecule has 1 aliphatic carbocycles. The first-order chi connectivity index (χ1) is 4.86. The molecular formula is C7H7N3. The lowest BCUT2D eigenvalue weighted by Crippen LogP contribution is -2.12. The maximum absolute atomic E-state index is 3.90. The second kappa shape index (κ2) is 1.87. The van der Waals surface area contributed by atoms with E-state index in [4.69, 9.17) is 0 Å². The zero-order chi connectivity index (χ0) is 6.97. The molecule has 0 spiro atoms. The van der Waals surface area contributed by atoms with Crippen LogP contribution in [0, 0.1) is 0 Å². The van der Waals surface area contributed by atoms with E-state index in [-0.39, 0.29) is 6.04 Å². The monoisotopic (exact) mass is 133 g/mol. The fraction of sp³-hybridized carbons (Fsp3) is 0.286. The fourth-order valence-corrected chi connectivity index (χ4v) is 1.02. The van der Waals surface area contributed by atoms with Gasteiger partial charge in [-0.05, 0) is 24.3 Å². The summed E-state index contributed by atoms with van der Waals surface area (Å²) in [4.78, 5) is 0. The molecule has 1 unspecified atom stereocenters. The van der Waals surface area contributed by atoms with Crippen LogP contribution in [0.4, 0.5) is 0 Å². The van der Waals surface area contributed by atoms with Gasteiger partial charge in [0.15, 0.2) is 0 Å². The highest BCUT2D eigenvalue weighted by Gasteiger charge is 2.17. The summed E-state index contributed by atoms with van der Waals surface area (Å²) in [5.41, 5.74) is 2.18. The van der Waals surface area contributed by atoms with Gasteiger partial charge in [0, 0.05) is 0 Å². The van der Waals surface area contributed by atoms with E-state index in [1.165, 1.54) is 5.57 Å². The van der Waals surface area contributed by atoms with Crippen molar-refractivity contribution in [2.75, 3.05) is 0 Å². The van der Waals surface area contributed by atoms with Gasteiger partial charge in [-0.3, -0.25) is 0 Å². The Balaban J connectivity index is 2.39. The van der Waals surface area contributed by atoms with Crippen LogP contribution in [0.15, 0.2) is 39.2 Å². The maximum atomic E-state index is 3.90. The lowest BCUT2D eigenvalue weighted by Gasteiger charge is -2.05. The van der Waals surface area contributed by atoms with Crippen molar-refractivity contribution in [3.63, 3.8) is 0 Å². The Morgan fingerprint density at radius 2 is 2.30 bits per heavy atom. The molecule has 1 atom stereocenters. The minimum absolute atomic E-state index is 0.102. The molecule has 0 radical (unpaired) electrons. The molecule has 3 nitrogen and oxygen atoms in total. The molecule has 1 aliphatic heterocycles. The van der Waals surface area contributed by atoms with E-state index < -0.39 is 0 Å². The SMILES string of the molecule is CC1=CC2N=NN=C2C=C1. The van der Waals surface area contributed by atoms with Gasteiger partial charge >= 0.3 is 0 Å². The predicted molar refractivity (Wildman–Crippen MR) is 39.0 cm³/mol. The van der Waals surface area contributed by atoms with Crippen LogP contribution in [-0.2, 0) is 0 Å². The van der Waals surface area contributed by atoms with E-state index in [0.29, 0.717) is 0 Å². The molecule has 0 N–H and O–H groups in total. The number of rotatable bonds is 0. The third-order valence-corrected chi connectivity index (χ3v) is 1.58. The Morgan fingerprint density at radius 1 is 1.40 bits per heavy atom. The van der Waals surface area contributed by atoms with Crippen LogP contribution in [0.25, 0.3) is 0 Å². The molecule has 0 aromatic rings.